The topological polar surface area (TPSA) is 54.7 Å². The molecule has 3 heterocycles. The third kappa shape index (κ3) is 4.19. The first kappa shape index (κ1) is 18.9. The van der Waals surface area contributed by atoms with Crippen LogP contribution in [0.4, 0.5) is 0 Å². The number of carbonyl (C=O) groups excluding carboxylic acids is 1. The van der Waals surface area contributed by atoms with Crippen molar-refractivity contribution in [2.24, 2.45) is 0 Å². The number of carbonyl (C=O) groups is 1. The second kappa shape index (κ2) is 8.73. The van der Waals surface area contributed by atoms with E-state index in [1.165, 1.54) is 11.3 Å². The van der Waals surface area contributed by atoms with E-state index in [-0.39, 0.29) is 11.9 Å². The number of thiophene rings is 1. The molecule has 4 rings (SSSR count). The monoisotopic (exact) mass is 396 g/mol. The van der Waals surface area contributed by atoms with Crippen LogP contribution in [0.2, 0.25) is 0 Å². The van der Waals surface area contributed by atoms with Gasteiger partial charge in [0.25, 0.3) is 5.91 Å². The summed E-state index contributed by atoms with van der Waals surface area (Å²) >= 11 is 1.47. The molecule has 0 spiro atoms. The molecule has 1 N–H and O–H groups in total. The number of nitrogens with zero attached hydrogens (tertiary/aromatic N) is 1. The maximum Gasteiger partial charge on any atom is 0.262 e. The Morgan fingerprint density at radius 2 is 1.93 bits per heavy atom. The predicted octanol–water partition coefficient (Wildman–Crippen LogP) is 4.12. The number of nitrogens with one attached hydrogen (secondary N) is 1. The molecular formula is C22H24N2O3S. The molecular weight excluding hydrogens is 372 g/mol. The maximum atomic E-state index is 12.9. The Balaban J connectivity index is 1.50. The van der Waals surface area contributed by atoms with Crippen molar-refractivity contribution in [2.45, 2.75) is 13.0 Å². The highest BCUT2D eigenvalue weighted by Crippen LogP contribution is 2.29. The van der Waals surface area contributed by atoms with Crippen molar-refractivity contribution < 1.29 is 13.9 Å². The van der Waals surface area contributed by atoms with Gasteiger partial charge in [-0.2, -0.15) is 0 Å². The SMILES string of the molecule is Cc1ccc(C(CNC(=O)c2sccc2-c2ccccc2)N2CCOCC2)o1. The number of rotatable bonds is 6. The normalized spacial score (nSPS) is 16.0. The molecule has 0 radical (unpaired) electrons. The first-order valence-corrected chi connectivity index (χ1v) is 10.4. The number of ether oxygens (including phenoxy) is 1. The van der Waals surface area contributed by atoms with Gasteiger partial charge in [0.15, 0.2) is 0 Å². The zero-order chi connectivity index (χ0) is 19.3. The number of furan rings is 1. The maximum absolute atomic E-state index is 12.9. The molecule has 28 heavy (non-hydrogen) atoms. The standard InChI is InChI=1S/C22H24N2O3S/c1-16-7-8-20(27-16)19(24-10-12-26-13-11-24)15-23-22(25)21-18(9-14-28-21)17-5-3-2-4-6-17/h2-9,14,19H,10-13,15H2,1H3,(H,23,25). The van der Waals surface area contributed by atoms with Crippen molar-refractivity contribution in [2.75, 3.05) is 32.8 Å². The van der Waals surface area contributed by atoms with Gasteiger partial charge in [-0.15, -0.1) is 11.3 Å². The van der Waals surface area contributed by atoms with Crippen molar-refractivity contribution >= 4 is 17.2 Å². The van der Waals surface area contributed by atoms with E-state index in [0.717, 1.165) is 40.6 Å². The Morgan fingerprint density at radius 3 is 2.64 bits per heavy atom. The molecule has 0 aliphatic carbocycles. The molecule has 1 aliphatic heterocycles. The quantitative estimate of drug-likeness (QED) is 0.681. The van der Waals surface area contributed by atoms with E-state index >= 15 is 0 Å². The van der Waals surface area contributed by atoms with Crippen molar-refractivity contribution in [3.63, 3.8) is 0 Å². The molecule has 1 aromatic carbocycles. The Bertz CT molecular complexity index is 913. The molecule has 1 amide bonds. The fourth-order valence-corrected chi connectivity index (χ4v) is 4.36. The average molecular weight is 397 g/mol. The fraction of sp³-hybridized carbons (Fsp3) is 0.318. The zero-order valence-corrected chi connectivity index (χ0v) is 16.7. The lowest BCUT2D eigenvalue weighted by Gasteiger charge is -2.33. The Kier molecular flexibility index (Phi) is 5.90. The minimum absolute atomic E-state index is 0.00156. The van der Waals surface area contributed by atoms with E-state index in [1.54, 1.807) is 0 Å². The zero-order valence-electron chi connectivity index (χ0n) is 15.9. The van der Waals surface area contributed by atoms with Gasteiger partial charge in [0.05, 0.1) is 24.1 Å². The number of hydrogen-bond donors (Lipinski definition) is 1. The van der Waals surface area contributed by atoms with Crippen LogP contribution in [0.25, 0.3) is 11.1 Å². The van der Waals surface area contributed by atoms with Crippen LogP contribution in [0.15, 0.2) is 58.3 Å². The van der Waals surface area contributed by atoms with E-state index in [4.69, 9.17) is 9.15 Å². The van der Waals surface area contributed by atoms with Crippen molar-refractivity contribution in [1.82, 2.24) is 10.2 Å². The van der Waals surface area contributed by atoms with Gasteiger partial charge in [-0.25, -0.2) is 0 Å². The van der Waals surface area contributed by atoms with Crippen molar-refractivity contribution in [3.8, 4) is 11.1 Å². The van der Waals surface area contributed by atoms with Gasteiger partial charge < -0.3 is 14.5 Å². The van der Waals surface area contributed by atoms with Crippen LogP contribution in [0.1, 0.15) is 27.2 Å². The van der Waals surface area contributed by atoms with Crippen molar-refractivity contribution in [1.29, 1.82) is 0 Å². The van der Waals surface area contributed by atoms with Crippen LogP contribution in [0.5, 0.6) is 0 Å². The van der Waals surface area contributed by atoms with Gasteiger partial charge >= 0.3 is 0 Å². The third-order valence-electron chi connectivity index (χ3n) is 4.99. The third-order valence-corrected chi connectivity index (χ3v) is 5.90. The lowest BCUT2D eigenvalue weighted by atomic mass is 10.1. The molecule has 6 heteroatoms. The molecule has 3 aromatic rings. The molecule has 1 unspecified atom stereocenters. The first-order chi connectivity index (χ1) is 13.7. The first-order valence-electron chi connectivity index (χ1n) is 9.51. The van der Waals surface area contributed by atoms with Crippen LogP contribution >= 0.6 is 11.3 Å². The van der Waals surface area contributed by atoms with Gasteiger partial charge in [0.2, 0.25) is 0 Å². The fourth-order valence-electron chi connectivity index (χ4n) is 3.53. The number of aryl methyl sites for hydroxylation is 1. The highest BCUT2D eigenvalue weighted by Gasteiger charge is 2.26. The van der Waals surface area contributed by atoms with E-state index in [2.05, 4.69) is 10.2 Å². The lowest BCUT2D eigenvalue weighted by Crippen LogP contribution is -2.43. The number of amides is 1. The van der Waals surface area contributed by atoms with Crippen LogP contribution in [0.3, 0.4) is 0 Å². The van der Waals surface area contributed by atoms with Gasteiger partial charge in [-0.3, -0.25) is 9.69 Å². The molecule has 146 valence electrons. The molecule has 1 saturated heterocycles. The molecule has 2 aromatic heterocycles. The highest BCUT2D eigenvalue weighted by atomic mass is 32.1. The summed E-state index contributed by atoms with van der Waals surface area (Å²) in [7, 11) is 0. The summed E-state index contributed by atoms with van der Waals surface area (Å²) in [6.07, 6.45) is 0. The van der Waals surface area contributed by atoms with Crippen molar-refractivity contribution in [3.05, 3.63) is 70.3 Å². The summed E-state index contributed by atoms with van der Waals surface area (Å²) in [5.41, 5.74) is 2.03. The van der Waals surface area contributed by atoms with E-state index in [9.17, 15) is 4.79 Å². The van der Waals surface area contributed by atoms with Gasteiger partial charge in [-0.1, -0.05) is 30.3 Å². The number of morpholine rings is 1. The second-order valence-electron chi connectivity index (χ2n) is 6.85. The molecule has 5 nitrogen and oxygen atoms in total. The van der Waals surface area contributed by atoms with E-state index in [0.29, 0.717) is 19.8 Å². The summed E-state index contributed by atoms with van der Waals surface area (Å²) < 4.78 is 11.4. The van der Waals surface area contributed by atoms with Gasteiger partial charge in [0.1, 0.15) is 11.5 Å². The summed E-state index contributed by atoms with van der Waals surface area (Å²) in [6.45, 7) is 5.50. The van der Waals surface area contributed by atoms with Crippen LogP contribution < -0.4 is 5.32 Å². The smallest absolute Gasteiger partial charge is 0.262 e. The second-order valence-corrected chi connectivity index (χ2v) is 7.77. The Labute approximate surface area is 168 Å². The van der Waals surface area contributed by atoms with Gasteiger partial charge in [0, 0.05) is 25.2 Å². The minimum Gasteiger partial charge on any atom is -0.465 e. The molecule has 0 bridgehead atoms. The number of benzene rings is 1. The van der Waals surface area contributed by atoms with Crippen LogP contribution in [-0.2, 0) is 4.74 Å². The molecule has 1 aliphatic rings. The van der Waals surface area contributed by atoms with Crippen LogP contribution in [-0.4, -0.2) is 43.7 Å². The number of hydrogen-bond acceptors (Lipinski definition) is 5. The highest BCUT2D eigenvalue weighted by molar-refractivity contribution is 7.12. The summed E-state index contributed by atoms with van der Waals surface area (Å²) in [5, 5.41) is 5.09. The Morgan fingerprint density at radius 1 is 1.14 bits per heavy atom. The van der Waals surface area contributed by atoms with E-state index in [1.807, 2.05) is 60.8 Å². The largest absolute Gasteiger partial charge is 0.465 e. The summed E-state index contributed by atoms with van der Waals surface area (Å²) in [4.78, 5) is 16.0. The Hall–Kier alpha value is -2.41. The van der Waals surface area contributed by atoms with Gasteiger partial charge in [-0.05, 0) is 36.1 Å². The predicted molar refractivity (Wildman–Crippen MR) is 111 cm³/mol. The average Bonchev–Trinajstić information content (AvgIpc) is 3.39. The molecule has 1 fully saturated rings. The van der Waals surface area contributed by atoms with E-state index < -0.39 is 0 Å². The summed E-state index contributed by atoms with van der Waals surface area (Å²) in [6, 6.07) is 16.0. The molecule has 0 saturated carbocycles. The van der Waals surface area contributed by atoms with Crippen LogP contribution in [0, 0.1) is 6.92 Å². The summed E-state index contributed by atoms with van der Waals surface area (Å²) in [5.74, 6) is 1.72. The lowest BCUT2D eigenvalue weighted by molar-refractivity contribution is 0.0117. The minimum atomic E-state index is -0.0459. The molecule has 1 atom stereocenters.